The molecule has 0 N–H and O–H groups in total. The molecule has 0 atom stereocenters. The monoisotopic (exact) mass is 507 g/mol. The van der Waals surface area contributed by atoms with E-state index in [4.69, 9.17) is 0 Å². The molecule has 0 saturated heterocycles. The number of alkyl halides is 2. The van der Waals surface area contributed by atoms with Gasteiger partial charge in [-0.3, -0.25) is 9.48 Å². The molecule has 1 aliphatic rings. The summed E-state index contributed by atoms with van der Waals surface area (Å²) in [5.74, 6) is 0. The number of rotatable bonds is 4. The molecule has 1 aliphatic heterocycles. The second-order valence-corrected chi connectivity index (χ2v) is 9.30. The molecule has 5 rings (SSSR count). The number of aryl methyl sites for hydroxylation is 4. The first kappa shape index (κ1) is 26.4. The average Bonchev–Trinajstić information content (AvgIpc) is 3.34. The fraction of sp³-hybridized carbons (Fsp3) is 0.379. The largest absolute Gasteiger partial charge is 0.371 e. The molecule has 0 bridgehead atoms. The van der Waals surface area contributed by atoms with E-state index < -0.39 is 6.43 Å². The van der Waals surface area contributed by atoms with Crippen LogP contribution in [0.15, 0.2) is 47.5 Å². The molecule has 196 valence electrons. The van der Waals surface area contributed by atoms with Gasteiger partial charge in [0.25, 0.3) is 12.0 Å². The van der Waals surface area contributed by atoms with Crippen molar-refractivity contribution in [1.29, 1.82) is 0 Å². The minimum atomic E-state index is -2.63. The first-order chi connectivity index (χ1) is 17.7. The van der Waals surface area contributed by atoms with Crippen molar-refractivity contribution in [3.8, 4) is 11.1 Å². The molecule has 2 aromatic heterocycles. The molecule has 0 unspecified atom stereocenters. The fourth-order valence-corrected chi connectivity index (χ4v) is 5.03. The summed E-state index contributed by atoms with van der Waals surface area (Å²) in [6.07, 6.45) is 1.55. The van der Waals surface area contributed by atoms with Gasteiger partial charge >= 0.3 is 0 Å². The maximum Gasteiger partial charge on any atom is 0.264 e. The van der Waals surface area contributed by atoms with E-state index in [0.29, 0.717) is 23.2 Å². The van der Waals surface area contributed by atoms with Gasteiger partial charge < -0.3 is 14.4 Å². The third-order valence-corrected chi connectivity index (χ3v) is 7.02. The number of benzene rings is 2. The molecule has 6 nitrogen and oxygen atoms in total. The number of fused-ring (bicyclic) bond motifs is 2. The van der Waals surface area contributed by atoms with Crippen LogP contribution in [0.4, 0.5) is 25.8 Å². The van der Waals surface area contributed by atoms with Crippen LogP contribution >= 0.6 is 0 Å². The van der Waals surface area contributed by atoms with Crippen LogP contribution < -0.4 is 15.4 Å². The molecule has 4 aromatic rings. The number of anilines is 3. The summed E-state index contributed by atoms with van der Waals surface area (Å²) < 4.78 is 32.0. The lowest BCUT2D eigenvalue weighted by Crippen LogP contribution is -2.37. The van der Waals surface area contributed by atoms with E-state index in [9.17, 15) is 13.6 Å². The van der Waals surface area contributed by atoms with Crippen LogP contribution in [0.2, 0.25) is 0 Å². The third kappa shape index (κ3) is 4.61. The number of aromatic nitrogens is 3. The lowest BCUT2D eigenvalue weighted by Gasteiger charge is -2.38. The van der Waals surface area contributed by atoms with Crippen LogP contribution in [0.5, 0.6) is 0 Å². The van der Waals surface area contributed by atoms with Crippen molar-refractivity contribution >= 4 is 28.0 Å². The van der Waals surface area contributed by atoms with Crippen molar-refractivity contribution in [1.82, 2.24) is 14.3 Å². The number of hydrogen-bond acceptors (Lipinski definition) is 4. The Morgan fingerprint density at radius 3 is 2.32 bits per heavy atom. The molecule has 0 fully saturated rings. The van der Waals surface area contributed by atoms with Crippen LogP contribution in [-0.2, 0) is 20.5 Å². The van der Waals surface area contributed by atoms with Gasteiger partial charge in [-0.2, -0.15) is 5.10 Å². The van der Waals surface area contributed by atoms with Crippen molar-refractivity contribution < 1.29 is 8.78 Å². The highest BCUT2D eigenvalue weighted by Gasteiger charge is 2.28. The summed E-state index contributed by atoms with van der Waals surface area (Å²) in [4.78, 5) is 16.9. The van der Waals surface area contributed by atoms with Gasteiger partial charge in [0.05, 0.1) is 28.8 Å². The molecular weight excluding hydrogens is 472 g/mol. The smallest absolute Gasteiger partial charge is 0.264 e. The fourth-order valence-electron chi connectivity index (χ4n) is 5.03. The second-order valence-electron chi connectivity index (χ2n) is 9.30. The third-order valence-electron chi connectivity index (χ3n) is 7.02. The van der Waals surface area contributed by atoms with Crippen molar-refractivity contribution in [2.24, 2.45) is 14.1 Å². The topological polar surface area (TPSA) is 46.3 Å². The number of nitrogens with zero attached hydrogens (tertiary/aromatic N) is 5. The zero-order valence-corrected chi connectivity index (χ0v) is 22.6. The Morgan fingerprint density at radius 1 is 0.973 bits per heavy atom. The quantitative estimate of drug-likeness (QED) is 0.322. The lowest BCUT2D eigenvalue weighted by molar-refractivity contribution is 0.152. The predicted molar refractivity (Wildman–Crippen MR) is 149 cm³/mol. The van der Waals surface area contributed by atoms with Crippen molar-refractivity contribution in [3.05, 3.63) is 69.8 Å². The van der Waals surface area contributed by atoms with E-state index >= 15 is 0 Å². The van der Waals surface area contributed by atoms with Gasteiger partial charge in [0.1, 0.15) is 0 Å². The maximum absolute atomic E-state index is 14.3. The number of halogens is 2. The van der Waals surface area contributed by atoms with Gasteiger partial charge in [-0.1, -0.05) is 20.8 Å². The molecule has 0 aliphatic carbocycles. The number of likely N-dealkylation sites (N-methyl/N-ethyl adjacent to an activating group) is 1. The highest BCUT2D eigenvalue weighted by atomic mass is 19.3. The van der Waals surface area contributed by atoms with Crippen LogP contribution in [0, 0.1) is 6.92 Å². The van der Waals surface area contributed by atoms with Crippen LogP contribution in [0.1, 0.15) is 43.9 Å². The Bertz CT molecular complexity index is 1500. The molecule has 2 aromatic carbocycles. The zero-order chi connectivity index (χ0) is 27.0. The Kier molecular flexibility index (Phi) is 7.39. The SMILES string of the molecule is CC.CCc1cc(N2CCN(C)c3cc(-c4cnn(C)c4)c(C(F)F)cc32)c2cc(C)c(=O)n(C)c2c1. The van der Waals surface area contributed by atoms with Crippen LogP contribution in [-0.4, -0.2) is 34.5 Å². The molecule has 3 heterocycles. The molecule has 0 radical (unpaired) electrons. The summed E-state index contributed by atoms with van der Waals surface area (Å²) in [5, 5.41) is 5.12. The standard InChI is InChI=1S/C27H29F2N5O.C2H6/c1-6-17-10-22-21(9-16(2)27(35)33(22)5)23(11-17)34-8-7-31(3)24-12-19(18-14-30-32(4)15-18)20(26(28)29)13-25(24)34;1-2/h9-15,26H,6-8H2,1-5H3;1-2H3. The van der Waals surface area contributed by atoms with Gasteiger partial charge in [0.15, 0.2) is 0 Å². The minimum Gasteiger partial charge on any atom is -0.371 e. The molecule has 0 saturated carbocycles. The average molecular weight is 508 g/mol. The lowest BCUT2D eigenvalue weighted by atomic mass is 9.97. The minimum absolute atomic E-state index is 0.0171. The highest BCUT2D eigenvalue weighted by molar-refractivity contribution is 5.98. The van der Waals surface area contributed by atoms with E-state index in [1.807, 2.05) is 46.0 Å². The molecular formula is C29H35F2N5O. The van der Waals surface area contributed by atoms with E-state index in [1.54, 1.807) is 41.8 Å². The highest BCUT2D eigenvalue weighted by Crippen LogP contribution is 2.45. The Morgan fingerprint density at radius 2 is 1.70 bits per heavy atom. The van der Waals surface area contributed by atoms with Gasteiger partial charge in [-0.15, -0.1) is 0 Å². The Balaban J connectivity index is 0.00000156. The van der Waals surface area contributed by atoms with Gasteiger partial charge in [0.2, 0.25) is 0 Å². The van der Waals surface area contributed by atoms with Crippen molar-refractivity contribution in [2.45, 2.75) is 40.5 Å². The zero-order valence-electron chi connectivity index (χ0n) is 22.6. The van der Waals surface area contributed by atoms with Gasteiger partial charge in [-0.25, -0.2) is 8.78 Å². The van der Waals surface area contributed by atoms with Crippen LogP contribution in [0.25, 0.3) is 22.0 Å². The van der Waals surface area contributed by atoms with Crippen molar-refractivity contribution in [3.63, 3.8) is 0 Å². The summed E-state index contributed by atoms with van der Waals surface area (Å²) >= 11 is 0. The Hall–Kier alpha value is -3.68. The second kappa shape index (κ2) is 10.4. The Labute approximate surface area is 216 Å². The predicted octanol–water partition coefficient (Wildman–Crippen LogP) is 6.36. The van der Waals surface area contributed by atoms with Gasteiger partial charge in [0, 0.05) is 62.5 Å². The summed E-state index contributed by atoms with van der Waals surface area (Å²) in [7, 11) is 5.55. The van der Waals surface area contributed by atoms with E-state index in [0.717, 1.165) is 46.5 Å². The first-order valence-electron chi connectivity index (χ1n) is 12.8. The summed E-state index contributed by atoms with van der Waals surface area (Å²) in [6.45, 7) is 9.26. The summed E-state index contributed by atoms with van der Waals surface area (Å²) in [6, 6.07) is 9.57. The number of hydrogen-bond donors (Lipinski definition) is 0. The molecule has 0 spiro atoms. The van der Waals surface area contributed by atoms with Gasteiger partial charge in [-0.05, 0) is 54.8 Å². The van der Waals surface area contributed by atoms with E-state index in [-0.39, 0.29) is 11.1 Å². The number of pyridine rings is 1. The molecule has 0 amide bonds. The van der Waals surface area contributed by atoms with Crippen molar-refractivity contribution in [2.75, 3.05) is 29.9 Å². The molecule has 37 heavy (non-hydrogen) atoms. The van der Waals surface area contributed by atoms with E-state index in [2.05, 4.69) is 27.9 Å². The molecule has 8 heteroatoms. The van der Waals surface area contributed by atoms with Crippen LogP contribution in [0.3, 0.4) is 0 Å². The first-order valence-corrected chi connectivity index (χ1v) is 12.8. The maximum atomic E-state index is 14.3. The van der Waals surface area contributed by atoms with E-state index in [1.165, 1.54) is 0 Å². The normalized spacial score (nSPS) is 13.1. The summed E-state index contributed by atoms with van der Waals surface area (Å²) in [5.41, 5.74) is 6.25.